The molecule has 1 aliphatic heterocycles. The summed E-state index contributed by atoms with van der Waals surface area (Å²) in [5, 5.41) is 2.80. The molecule has 3 rings (SSSR count). The zero-order valence-corrected chi connectivity index (χ0v) is 19.9. The molecule has 1 N–H and O–H groups in total. The number of fused-ring (bicyclic) bond motifs is 1. The van der Waals surface area contributed by atoms with Gasteiger partial charge in [0.05, 0.1) is 51.1 Å². The van der Waals surface area contributed by atoms with Gasteiger partial charge in [0.25, 0.3) is 0 Å². The van der Waals surface area contributed by atoms with Crippen molar-refractivity contribution >= 4 is 23.7 Å². The molecule has 1 atom stereocenters. The first-order valence-electron chi connectivity index (χ1n) is 11.2. The number of methoxy groups -OCH3 is 2. The largest absolute Gasteiger partial charge is 0.490 e. The van der Waals surface area contributed by atoms with Gasteiger partial charge in [-0.25, -0.2) is 9.59 Å². The van der Waals surface area contributed by atoms with Crippen LogP contribution in [0.4, 0.5) is 10.5 Å². The van der Waals surface area contributed by atoms with Crippen LogP contribution in [-0.4, -0.2) is 56.8 Å². The van der Waals surface area contributed by atoms with Crippen molar-refractivity contribution in [2.45, 2.75) is 32.7 Å². The van der Waals surface area contributed by atoms with E-state index < -0.39 is 24.0 Å². The van der Waals surface area contributed by atoms with Gasteiger partial charge >= 0.3 is 18.0 Å². The van der Waals surface area contributed by atoms with Crippen molar-refractivity contribution in [3.63, 3.8) is 0 Å². The standard InChI is InChI=1S/C25H30N2O7/c1-5-33-21-13-16-11-12-27(20(15-23(28)31-3)18(16)14-22(21)34-6-2)25(30)26-19-10-8-7-9-17(19)24(29)32-4/h7-10,13-14,20H,5-6,11-12,15H2,1-4H3,(H,26,30). The number of carbonyl (C=O) groups excluding carboxylic acids is 3. The molecular weight excluding hydrogens is 440 g/mol. The number of rotatable bonds is 8. The molecule has 0 bridgehead atoms. The van der Waals surface area contributed by atoms with Crippen molar-refractivity contribution in [3.8, 4) is 11.5 Å². The summed E-state index contributed by atoms with van der Waals surface area (Å²) < 4.78 is 21.2. The molecule has 2 aromatic rings. The minimum absolute atomic E-state index is 0.0326. The fourth-order valence-electron chi connectivity index (χ4n) is 4.02. The van der Waals surface area contributed by atoms with Gasteiger partial charge in [-0.05, 0) is 55.7 Å². The predicted octanol–water partition coefficient (Wildman–Crippen LogP) is 3.97. The normalized spacial score (nSPS) is 14.6. The van der Waals surface area contributed by atoms with Gasteiger partial charge in [-0.1, -0.05) is 12.1 Å². The highest BCUT2D eigenvalue weighted by Crippen LogP contribution is 2.40. The summed E-state index contributed by atoms with van der Waals surface area (Å²) in [7, 11) is 2.59. The van der Waals surface area contributed by atoms with Gasteiger partial charge in [0.1, 0.15) is 0 Å². The minimum atomic E-state index is -0.587. The molecule has 0 aromatic heterocycles. The molecule has 182 valence electrons. The lowest BCUT2D eigenvalue weighted by Crippen LogP contribution is -2.43. The van der Waals surface area contributed by atoms with Crippen molar-refractivity contribution < 1.29 is 33.3 Å². The predicted molar refractivity (Wildman–Crippen MR) is 125 cm³/mol. The molecule has 34 heavy (non-hydrogen) atoms. The highest BCUT2D eigenvalue weighted by molar-refractivity contribution is 6.01. The lowest BCUT2D eigenvalue weighted by Gasteiger charge is -2.37. The van der Waals surface area contributed by atoms with E-state index in [0.29, 0.717) is 43.4 Å². The molecule has 0 saturated carbocycles. The summed E-state index contributed by atoms with van der Waals surface area (Å²) in [6.07, 6.45) is 0.528. The fourth-order valence-corrected chi connectivity index (χ4v) is 4.02. The number of nitrogens with zero attached hydrogens (tertiary/aromatic N) is 1. The highest BCUT2D eigenvalue weighted by atomic mass is 16.5. The summed E-state index contributed by atoms with van der Waals surface area (Å²) in [5.74, 6) is 0.175. The van der Waals surface area contributed by atoms with E-state index in [9.17, 15) is 14.4 Å². The Kier molecular flexibility index (Phi) is 8.34. The van der Waals surface area contributed by atoms with Gasteiger partial charge in [0.2, 0.25) is 0 Å². The molecule has 1 unspecified atom stereocenters. The molecule has 0 fully saturated rings. The van der Waals surface area contributed by atoms with Crippen LogP contribution in [0.3, 0.4) is 0 Å². The van der Waals surface area contributed by atoms with Crippen molar-refractivity contribution in [3.05, 3.63) is 53.1 Å². The average molecular weight is 471 g/mol. The van der Waals surface area contributed by atoms with Crippen LogP contribution in [0.1, 0.15) is 47.8 Å². The van der Waals surface area contributed by atoms with Crippen LogP contribution in [0.5, 0.6) is 11.5 Å². The first-order valence-corrected chi connectivity index (χ1v) is 11.2. The van der Waals surface area contributed by atoms with Crippen LogP contribution < -0.4 is 14.8 Å². The van der Waals surface area contributed by atoms with E-state index in [1.54, 1.807) is 29.2 Å². The van der Waals surface area contributed by atoms with E-state index in [1.807, 2.05) is 26.0 Å². The van der Waals surface area contributed by atoms with Crippen LogP contribution in [0, 0.1) is 0 Å². The number of benzene rings is 2. The van der Waals surface area contributed by atoms with Gasteiger partial charge in [-0.3, -0.25) is 4.79 Å². The number of hydrogen-bond acceptors (Lipinski definition) is 7. The fraction of sp³-hybridized carbons (Fsp3) is 0.400. The molecule has 0 saturated heterocycles. The lowest BCUT2D eigenvalue weighted by molar-refractivity contribution is -0.141. The molecule has 0 spiro atoms. The van der Waals surface area contributed by atoms with Gasteiger partial charge in [-0.15, -0.1) is 0 Å². The topological polar surface area (TPSA) is 103 Å². The second-order valence-corrected chi connectivity index (χ2v) is 7.57. The summed E-state index contributed by atoms with van der Waals surface area (Å²) in [6.45, 7) is 5.06. The molecule has 2 aromatic carbocycles. The van der Waals surface area contributed by atoms with Crippen LogP contribution >= 0.6 is 0 Å². The van der Waals surface area contributed by atoms with Crippen LogP contribution in [0.25, 0.3) is 0 Å². The third kappa shape index (κ3) is 5.41. The maximum absolute atomic E-state index is 13.4. The molecule has 2 amide bonds. The van der Waals surface area contributed by atoms with E-state index in [-0.39, 0.29) is 12.0 Å². The smallest absolute Gasteiger partial charge is 0.339 e. The van der Waals surface area contributed by atoms with Crippen molar-refractivity contribution in [2.75, 3.05) is 39.3 Å². The van der Waals surface area contributed by atoms with Crippen molar-refractivity contribution in [2.24, 2.45) is 0 Å². The van der Waals surface area contributed by atoms with Gasteiger partial charge in [0, 0.05) is 6.54 Å². The van der Waals surface area contributed by atoms with Crippen LogP contribution in [-0.2, 0) is 20.7 Å². The van der Waals surface area contributed by atoms with Gasteiger partial charge in [0.15, 0.2) is 11.5 Å². The summed E-state index contributed by atoms with van der Waals surface area (Å²) in [6, 6.07) is 9.31. The number of amides is 2. The SMILES string of the molecule is CCOc1cc2c(cc1OCC)C(CC(=O)OC)N(C(=O)Nc1ccccc1C(=O)OC)CC2. The number of carbonyl (C=O) groups is 3. The number of esters is 2. The average Bonchev–Trinajstić information content (AvgIpc) is 2.84. The van der Waals surface area contributed by atoms with Gasteiger partial charge < -0.3 is 29.2 Å². The van der Waals surface area contributed by atoms with E-state index in [2.05, 4.69) is 5.32 Å². The molecule has 0 aliphatic carbocycles. The molecule has 9 heteroatoms. The zero-order valence-electron chi connectivity index (χ0n) is 19.9. The Balaban J connectivity index is 1.97. The summed E-state index contributed by atoms with van der Waals surface area (Å²) >= 11 is 0. The maximum atomic E-state index is 13.4. The number of nitrogens with one attached hydrogen (secondary N) is 1. The van der Waals surface area contributed by atoms with Crippen molar-refractivity contribution in [1.29, 1.82) is 0 Å². The minimum Gasteiger partial charge on any atom is -0.490 e. The number of ether oxygens (including phenoxy) is 4. The van der Waals surface area contributed by atoms with Crippen LogP contribution in [0.15, 0.2) is 36.4 Å². The first kappa shape index (κ1) is 24.9. The van der Waals surface area contributed by atoms with E-state index in [0.717, 1.165) is 11.1 Å². The summed E-state index contributed by atoms with van der Waals surface area (Å²) in [4.78, 5) is 39.3. The quantitative estimate of drug-likeness (QED) is 0.583. The Hall–Kier alpha value is -3.75. The maximum Gasteiger partial charge on any atom is 0.339 e. The van der Waals surface area contributed by atoms with Crippen molar-refractivity contribution in [1.82, 2.24) is 4.90 Å². The highest BCUT2D eigenvalue weighted by Gasteiger charge is 2.34. The zero-order chi connectivity index (χ0) is 24.7. The van der Waals surface area contributed by atoms with Gasteiger partial charge in [-0.2, -0.15) is 0 Å². The summed E-state index contributed by atoms with van der Waals surface area (Å²) in [5.41, 5.74) is 2.32. The third-order valence-corrected chi connectivity index (χ3v) is 5.59. The Labute approximate surface area is 198 Å². The number of hydrogen-bond donors (Lipinski definition) is 1. The Morgan fingerprint density at radius 3 is 2.32 bits per heavy atom. The van der Waals surface area contributed by atoms with E-state index in [4.69, 9.17) is 18.9 Å². The third-order valence-electron chi connectivity index (χ3n) is 5.59. The number of anilines is 1. The molecule has 1 aliphatic rings. The van der Waals surface area contributed by atoms with Crippen LogP contribution in [0.2, 0.25) is 0 Å². The monoisotopic (exact) mass is 470 g/mol. The molecular formula is C25H30N2O7. The van der Waals surface area contributed by atoms with E-state index >= 15 is 0 Å². The van der Waals surface area contributed by atoms with E-state index in [1.165, 1.54) is 14.2 Å². The first-order chi connectivity index (χ1) is 16.4. The second-order valence-electron chi connectivity index (χ2n) is 7.57. The molecule has 0 radical (unpaired) electrons. The second kappa shape index (κ2) is 11.4. The Morgan fingerprint density at radius 1 is 1.00 bits per heavy atom. The lowest BCUT2D eigenvalue weighted by atomic mass is 9.90. The molecule has 9 nitrogen and oxygen atoms in total. The number of urea groups is 1. The number of para-hydroxylation sites is 1. The molecule has 1 heterocycles. The Bertz CT molecular complexity index is 1050. The Morgan fingerprint density at radius 2 is 1.68 bits per heavy atom.